The number of nitro benzene ring substituents is 1. The van der Waals surface area contributed by atoms with Gasteiger partial charge in [-0.25, -0.2) is 4.90 Å². The van der Waals surface area contributed by atoms with Crippen molar-refractivity contribution in [3.8, 4) is 5.75 Å². The van der Waals surface area contributed by atoms with Gasteiger partial charge in [0.2, 0.25) is 11.8 Å². The van der Waals surface area contributed by atoms with E-state index in [0.29, 0.717) is 0 Å². The van der Waals surface area contributed by atoms with E-state index in [1.807, 2.05) is 30.3 Å². The first-order chi connectivity index (χ1) is 18.8. The second kappa shape index (κ2) is 9.02. The molecule has 2 amide bonds. The lowest BCUT2D eigenvalue weighted by molar-refractivity contribution is -0.384. The second-order valence-corrected chi connectivity index (χ2v) is 9.60. The van der Waals surface area contributed by atoms with Gasteiger partial charge >= 0.3 is 5.97 Å². The van der Waals surface area contributed by atoms with E-state index in [-0.39, 0.29) is 28.5 Å². The largest absolute Gasteiger partial charge is 0.427 e. The van der Waals surface area contributed by atoms with E-state index in [0.717, 1.165) is 16.0 Å². The van der Waals surface area contributed by atoms with Gasteiger partial charge in [0.05, 0.1) is 28.5 Å². The van der Waals surface area contributed by atoms with E-state index < -0.39 is 46.6 Å². The highest BCUT2D eigenvalue weighted by Gasteiger charge is 2.64. The highest BCUT2D eigenvalue weighted by Crippen LogP contribution is 2.53. The molecule has 194 valence electrons. The molecule has 2 saturated heterocycles. The van der Waals surface area contributed by atoms with Crippen LogP contribution in [0.15, 0.2) is 79.0 Å². The minimum Gasteiger partial charge on any atom is -0.427 e. The van der Waals surface area contributed by atoms with Crippen LogP contribution in [0.2, 0.25) is 0 Å². The lowest BCUT2D eigenvalue weighted by Gasteiger charge is -2.35. The number of fused-ring (bicyclic) bond motifs is 5. The van der Waals surface area contributed by atoms with E-state index in [9.17, 15) is 29.3 Å². The van der Waals surface area contributed by atoms with Gasteiger partial charge in [-0.15, -0.1) is 0 Å². The number of nitrogens with zero attached hydrogens (tertiary/aromatic N) is 3. The molecule has 0 bridgehead atoms. The first-order valence-electron chi connectivity index (χ1n) is 12.3. The fourth-order valence-electron chi connectivity index (χ4n) is 5.88. The zero-order valence-corrected chi connectivity index (χ0v) is 20.6. The van der Waals surface area contributed by atoms with E-state index in [4.69, 9.17) is 4.74 Å². The van der Waals surface area contributed by atoms with Crippen LogP contribution in [-0.2, 0) is 14.4 Å². The number of ketones is 1. The van der Waals surface area contributed by atoms with Crippen molar-refractivity contribution in [2.24, 2.45) is 11.8 Å². The molecule has 10 nitrogen and oxygen atoms in total. The van der Waals surface area contributed by atoms with E-state index in [1.54, 1.807) is 11.1 Å². The van der Waals surface area contributed by atoms with Crippen molar-refractivity contribution in [1.82, 2.24) is 4.90 Å². The highest BCUT2D eigenvalue weighted by molar-refractivity contribution is 6.24. The molecule has 0 unspecified atom stereocenters. The summed E-state index contributed by atoms with van der Waals surface area (Å²) in [5, 5.41) is 11.4. The van der Waals surface area contributed by atoms with Crippen molar-refractivity contribution in [3.05, 3.63) is 106 Å². The van der Waals surface area contributed by atoms with Crippen LogP contribution >= 0.6 is 0 Å². The topological polar surface area (TPSA) is 127 Å². The summed E-state index contributed by atoms with van der Waals surface area (Å²) in [5.41, 5.74) is 1.83. The Labute approximate surface area is 222 Å². The highest BCUT2D eigenvalue weighted by atomic mass is 16.6. The maximum atomic E-state index is 14.0. The minimum atomic E-state index is -1.02. The number of rotatable bonds is 5. The van der Waals surface area contributed by atoms with Crippen LogP contribution in [0.3, 0.4) is 0 Å². The molecule has 0 radical (unpaired) electrons. The summed E-state index contributed by atoms with van der Waals surface area (Å²) in [6, 6.07) is 17.3. The summed E-state index contributed by atoms with van der Waals surface area (Å²) in [7, 11) is 0. The molecule has 2 fully saturated rings. The number of carbonyl (C=O) groups is 4. The Bertz CT molecular complexity index is 1600. The fourth-order valence-corrected chi connectivity index (χ4v) is 5.88. The number of esters is 1. The molecule has 0 saturated carbocycles. The normalized spacial score (nSPS) is 22.8. The number of imide groups is 1. The summed E-state index contributed by atoms with van der Waals surface area (Å²) in [6.45, 7) is 1.27. The van der Waals surface area contributed by atoms with Gasteiger partial charge < -0.3 is 9.64 Å². The van der Waals surface area contributed by atoms with Gasteiger partial charge in [0.1, 0.15) is 11.8 Å². The molecule has 0 spiro atoms. The van der Waals surface area contributed by atoms with Crippen LogP contribution < -0.4 is 9.64 Å². The van der Waals surface area contributed by atoms with E-state index >= 15 is 0 Å². The Morgan fingerprint density at radius 2 is 1.64 bits per heavy atom. The number of nitro groups is 1. The molecule has 3 aromatic rings. The lowest BCUT2D eigenvalue weighted by atomic mass is 9.83. The third kappa shape index (κ3) is 3.80. The third-order valence-electron chi connectivity index (χ3n) is 7.43. The number of amides is 2. The van der Waals surface area contributed by atoms with E-state index in [2.05, 4.69) is 0 Å². The number of hydrogen-bond acceptors (Lipinski definition) is 8. The molecule has 0 aromatic heterocycles. The average molecular weight is 524 g/mol. The number of anilines is 1. The Balaban J connectivity index is 1.44. The monoisotopic (exact) mass is 523 g/mol. The Kier molecular flexibility index (Phi) is 5.60. The number of benzene rings is 3. The summed E-state index contributed by atoms with van der Waals surface area (Å²) in [5.74, 6) is -3.57. The van der Waals surface area contributed by atoms with Gasteiger partial charge in [-0.2, -0.15) is 0 Å². The Morgan fingerprint density at radius 1 is 0.923 bits per heavy atom. The molecule has 39 heavy (non-hydrogen) atoms. The fraction of sp³-hybridized carbons (Fsp3) is 0.172. The predicted molar refractivity (Wildman–Crippen MR) is 138 cm³/mol. The van der Waals surface area contributed by atoms with Crippen molar-refractivity contribution in [3.63, 3.8) is 0 Å². The minimum absolute atomic E-state index is 0.0942. The van der Waals surface area contributed by atoms with Crippen molar-refractivity contribution < 1.29 is 28.8 Å². The van der Waals surface area contributed by atoms with Crippen molar-refractivity contribution >= 4 is 41.0 Å². The SMILES string of the molecule is CC(=O)Oc1ccc(C(=O)[C@@H]2[C@H]3C(=O)N(c4cccc([N+](=O)[O-])c4)C(=O)[C@@H]3[C@H]3c4ccccc4C=CN23)cc1. The average Bonchev–Trinajstić information content (AvgIpc) is 3.40. The van der Waals surface area contributed by atoms with Crippen LogP contribution in [0, 0.1) is 22.0 Å². The summed E-state index contributed by atoms with van der Waals surface area (Å²) >= 11 is 0. The molecule has 4 atom stereocenters. The summed E-state index contributed by atoms with van der Waals surface area (Å²) < 4.78 is 5.06. The Morgan fingerprint density at radius 3 is 2.36 bits per heavy atom. The Hall–Kier alpha value is -5.12. The van der Waals surface area contributed by atoms with Gasteiger partial charge in [0.25, 0.3) is 5.69 Å². The molecular formula is C29H21N3O7. The van der Waals surface area contributed by atoms with Gasteiger partial charge in [-0.1, -0.05) is 30.3 Å². The van der Waals surface area contributed by atoms with Gasteiger partial charge in [0, 0.05) is 30.8 Å². The summed E-state index contributed by atoms with van der Waals surface area (Å²) in [6.07, 6.45) is 3.60. The summed E-state index contributed by atoms with van der Waals surface area (Å²) in [4.78, 5) is 66.6. The van der Waals surface area contributed by atoms with Crippen LogP contribution in [0.25, 0.3) is 6.08 Å². The standard InChI is InChI=1S/C29H21N3O7/c1-16(33)39-21-11-9-18(10-12-21)27(34)26-24-23(25-22-8-3-2-5-17(22)13-14-30(25)26)28(35)31(29(24)36)19-6-4-7-20(15-19)32(37)38/h2-15,23-26H,1H3/t23-,24-,25+,26-/m0/s1. The molecular weight excluding hydrogens is 502 g/mol. The predicted octanol–water partition coefficient (Wildman–Crippen LogP) is 3.92. The number of carbonyl (C=O) groups excluding carboxylic acids is 4. The zero-order valence-electron chi connectivity index (χ0n) is 20.6. The molecule has 3 aromatic carbocycles. The maximum absolute atomic E-state index is 14.0. The number of Topliss-reactive ketones (excluding diaryl/α,β-unsaturated/α-hetero) is 1. The molecule has 0 aliphatic carbocycles. The number of non-ortho nitro benzene ring substituents is 1. The van der Waals surface area contributed by atoms with Crippen LogP contribution in [0.4, 0.5) is 11.4 Å². The van der Waals surface area contributed by atoms with Gasteiger partial charge in [0.15, 0.2) is 5.78 Å². The van der Waals surface area contributed by atoms with Gasteiger partial charge in [-0.3, -0.25) is 29.3 Å². The van der Waals surface area contributed by atoms with Crippen molar-refractivity contribution in [2.75, 3.05) is 4.90 Å². The third-order valence-corrected chi connectivity index (χ3v) is 7.43. The maximum Gasteiger partial charge on any atom is 0.308 e. The molecule has 3 heterocycles. The molecule has 3 aliphatic heterocycles. The number of hydrogen-bond donors (Lipinski definition) is 0. The molecule has 3 aliphatic rings. The lowest BCUT2D eigenvalue weighted by Crippen LogP contribution is -2.44. The van der Waals surface area contributed by atoms with Crippen molar-refractivity contribution in [1.29, 1.82) is 0 Å². The van der Waals surface area contributed by atoms with Crippen LogP contribution in [0.1, 0.15) is 34.5 Å². The first-order valence-corrected chi connectivity index (χ1v) is 12.3. The van der Waals surface area contributed by atoms with Crippen molar-refractivity contribution in [2.45, 2.75) is 19.0 Å². The molecule has 10 heteroatoms. The first kappa shape index (κ1) is 24.2. The van der Waals surface area contributed by atoms with Crippen LogP contribution in [-0.4, -0.2) is 39.4 Å². The molecule has 0 N–H and O–H groups in total. The smallest absolute Gasteiger partial charge is 0.308 e. The van der Waals surface area contributed by atoms with Gasteiger partial charge in [-0.05, 0) is 47.5 Å². The molecule has 6 rings (SSSR count). The zero-order chi connectivity index (χ0) is 27.4. The van der Waals surface area contributed by atoms with E-state index in [1.165, 1.54) is 55.5 Å². The van der Waals surface area contributed by atoms with Crippen LogP contribution in [0.5, 0.6) is 5.75 Å². The quantitative estimate of drug-likeness (QED) is 0.123. The second-order valence-electron chi connectivity index (χ2n) is 9.60. The number of ether oxygens (including phenoxy) is 1.